The SMILES string of the molecule is CC[C@@H](Oc1ccccc1)C(=O)Nc1nnc(S(=O)(=O)NC[C@H]2CCCO2)s1. The van der Waals surface area contributed by atoms with Crippen molar-refractivity contribution in [2.45, 2.75) is 42.7 Å². The van der Waals surface area contributed by atoms with Crippen molar-refractivity contribution in [3.05, 3.63) is 30.3 Å². The second-order valence-electron chi connectivity index (χ2n) is 6.18. The van der Waals surface area contributed by atoms with Crippen molar-refractivity contribution < 1.29 is 22.7 Å². The van der Waals surface area contributed by atoms with E-state index in [2.05, 4.69) is 20.2 Å². The lowest BCUT2D eigenvalue weighted by atomic mass is 10.2. The van der Waals surface area contributed by atoms with Crippen molar-refractivity contribution in [2.75, 3.05) is 18.5 Å². The van der Waals surface area contributed by atoms with E-state index in [0.717, 1.165) is 24.2 Å². The molecule has 0 saturated carbocycles. The Morgan fingerprint density at radius 2 is 2.14 bits per heavy atom. The van der Waals surface area contributed by atoms with E-state index in [1.54, 1.807) is 12.1 Å². The van der Waals surface area contributed by atoms with Crippen LogP contribution < -0.4 is 14.8 Å². The fourth-order valence-corrected chi connectivity index (χ4v) is 4.62. The van der Waals surface area contributed by atoms with Crippen molar-refractivity contribution in [2.24, 2.45) is 0 Å². The summed E-state index contributed by atoms with van der Waals surface area (Å²) in [7, 11) is -3.80. The van der Waals surface area contributed by atoms with Gasteiger partial charge in [0.15, 0.2) is 6.10 Å². The highest BCUT2D eigenvalue weighted by Crippen LogP contribution is 2.21. The third-order valence-electron chi connectivity index (χ3n) is 4.08. The molecule has 1 aromatic heterocycles. The zero-order valence-corrected chi connectivity index (χ0v) is 17.0. The minimum Gasteiger partial charge on any atom is -0.481 e. The molecule has 2 atom stereocenters. The standard InChI is InChI=1S/C17H22N4O5S2/c1-2-14(26-12-7-4-3-5-8-12)15(22)19-16-20-21-17(27-16)28(23,24)18-11-13-9-6-10-25-13/h3-5,7-8,13-14,18H,2,6,9-11H2,1H3,(H,19,20,22)/t13-,14-/m1/s1. The lowest BCUT2D eigenvalue weighted by Gasteiger charge is -2.16. The van der Waals surface area contributed by atoms with Gasteiger partial charge in [0.25, 0.3) is 15.9 Å². The number of carbonyl (C=O) groups excluding carboxylic acids is 1. The highest BCUT2D eigenvalue weighted by atomic mass is 32.2. The summed E-state index contributed by atoms with van der Waals surface area (Å²) in [5.41, 5.74) is 0. The van der Waals surface area contributed by atoms with Crippen molar-refractivity contribution in [3.63, 3.8) is 0 Å². The molecule has 3 rings (SSSR count). The molecule has 1 aliphatic heterocycles. The Balaban J connectivity index is 1.58. The number of nitrogens with zero attached hydrogens (tertiary/aromatic N) is 2. The third-order valence-corrected chi connectivity index (χ3v) is 6.71. The second kappa shape index (κ2) is 9.41. The first-order valence-electron chi connectivity index (χ1n) is 8.95. The number of amides is 1. The number of hydrogen-bond donors (Lipinski definition) is 2. The van der Waals surface area contributed by atoms with Gasteiger partial charge in [-0.05, 0) is 31.4 Å². The topological polar surface area (TPSA) is 120 Å². The quantitative estimate of drug-likeness (QED) is 0.587. The summed E-state index contributed by atoms with van der Waals surface area (Å²) in [4.78, 5) is 12.4. The first-order chi connectivity index (χ1) is 13.5. The van der Waals surface area contributed by atoms with Crippen LogP contribution in [0.3, 0.4) is 0 Å². The molecule has 1 amide bonds. The van der Waals surface area contributed by atoms with Gasteiger partial charge in [0.2, 0.25) is 9.47 Å². The van der Waals surface area contributed by atoms with Crippen LogP contribution in [0.5, 0.6) is 5.75 Å². The van der Waals surface area contributed by atoms with E-state index >= 15 is 0 Å². The minimum atomic E-state index is -3.80. The molecule has 2 N–H and O–H groups in total. The van der Waals surface area contributed by atoms with E-state index in [1.807, 2.05) is 25.1 Å². The lowest BCUT2D eigenvalue weighted by Crippen LogP contribution is -2.32. The van der Waals surface area contributed by atoms with E-state index in [4.69, 9.17) is 9.47 Å². The number of nitrogens with one attached hydrogen (secondary N) is 2. The molecular weight excluding hydrogens is 404 g/mol. The molecular formula is C17H22N4O5S2. The number of sulfonamides is 1. The summed E-state index contributed by atoms with van der Waals surface area (Å²) in [6, 6.07) is 8.98. The van der Waals surface area contributed by atoms with Gasteiger partial charge in [0, 0.05) is 13.2 Å². The Bertz CT molecular complexity index is 882. The Kier molecular flexibility index (Phi) is 6.94. The number of hydrogen-bond acceptors (Lipinski definition) is 8. The maximum absolute atomic E-state index is 12.4. The van der Waals surface area contributed by atoms with E-state index in [-0.39, 0.29) is 22.1 Å². The van der Waals surface area contributed by atoms with E-state index in [1.165, 1.54) is 0 Å². The van der Waals surface area contributed by atoms with Gasteiger partial charge in [-0.15, -0.1) is 10.2 Å². The minimum absolute atomic E-state index is 0.0950. The first kappa shape index (κ1) is 20.6. The van der Waals surface area contributed by atoms with Gasteiger partial charge in [-0.3, -0.25) is 10.1 Å². The molecule has 0 spiro atoms. The largest absolute Gasteiger partial charge is 0.481 e. The van der Waals surface area contributed by atoms with Crippen LogP contribution in [0.15, 0.2) is 34.7 Å². The van der Waals surface area contributed by atoms with E-state index in [0.29, 0.717) is 18.8 Å². The number of rotatable bonds is 9. The lowest BCUT2D eigenvalue weighted by molar-refractivity contribution is -0.122. The van der Waals surface area contributed by atoms with Crippen LogP contribution in [0.2, 0.25) is 0 Å². The van der Waals surface area contributed by atoms with Crippen LogP contribution in [0.4, 0.5) is 5.13 Å². The van der Waals surface area contributed by atoms with Crippen LogP contribution in [-0.4, -0.2) is 49.9 Å². The molecule has 28 heavy (non-hydrogen) atoms. The number of ether oxygens (including phenoxy) is 2. The molecule has 2 heterocycles. The van der Waals surface area contributed by atoms with Crippen molar-refractivity contribution >= 4 is 32.4 Å². The average Bonchev–Trinajstić information content (AvgIpc) is 3.37. The third kappa shape index (κ3) is 5.47. The molecule has 9 nitrogen and oxygen atoms in total. The Morgan fingerprint density at radius 1 is 1.36 bits per heavy atom. The zero-order chi connectivity index (χ0) is 20.0. The van der Waals surface area contributed by atoms with Gasteiger partial charge in [-0.2, -0.15) is 0 Å². The van der Waals surface area contributed by atoms with Crippen molar-refractivity contribution in [1.82, 2.24) is 14.9 Å². The molecule has 11 heteroatoms. The van der Waals surface area contributed by atoms with E-state index < -0.39 is 22.0 Å². The van der Waals surface area contributed by atoms with Crippen molar-refractivity contribution in [1.29, 1.82) is 0 Å². The van der Waals surface area contributed by atoms with Crippen LogP contribution in [0.25, 0.3) is 0 Å². The summed E-state index contributed by atoms with van der Waals surface area (Å²) < 4.78 is 38.0. The summed E-state index contributed by atoms with van der Waals surface area (Å²) in [6.07, 6.45) is 1.32. The van der Waals surface area contributed by atoms with Gasteiger partial charge < -0.3 is 9.47 Å². The Hall–Kier alpha value is -2.08. The summed E-state index contributed by atoms with van der Waals surface area (Å²) in [5, 5.41) is 10.1. The first-order valence-corrected chi connectivity index (χ1v) is 11.2. The maximum Gasteiger partial charge on any atom is 0.269 e. The number of para-hydroxylation sites is 1. The predicted octanol–water partition coefficient (Wildman–Crippen LogP) is 1.79. The van der Waals surface area contributed by atoms with Crippen LogP contribution in [0, 0.1) is 0 Å². The van der Waals surface area contributed by atoms with Gasteiger partial charge in [0.05, 0.1) is 6.10 Å². The molecule has 1 saturated heterocycles. The normalized spacial score (nSPS) is 18.0. The van der Waals surface area contributed by atoms with Crippen LogP contribution >= 0.6 is 11.3 Å². The molecule has 152 valence electrons. The summed E-state index contributed by atoms with van der Waals surface area (Å²) in [6.45, 7) is 2.65. The molecule has 0 unspecified atom stereocenters. The summed E-state index contributed by atoms with van der Waals surface area (Å²) in [5.74, 6) is 0.155. The molecule has 1 aliphatic rings. The molecule has 1 aromatic carbocycles. The molecule has 0 bridgehead atoms. The van der Waals surface area contributed by atoms with E-state index in [9.17, 15) is 13.2 Å². The molecule has 2 aromatic rings. The fraction of sp³-hybridized carbons (Fsp3) is 0.471. The van der Waals surface area contributed by atoms with Crippen LogP contribution in [0.1, 0.15) is 26.2 Å². The number of anilines is 1. The van der Waals surface area contributed by atoms with Gasteiger partial charge in [-0.1, -0.05) is 36.5 Å². The van der Waals surface area contributed by atoms with Crippen LogP contribution in [-0.2, 0) is 19.6 Å². The van der Waals surface area contributed by atoms with Gasteiger partial charge in [-0.25, -0.2) is 13.1 Å². The maximum atomic E-state index is 12.4. The van der Waals surface area contributed by atoms with Gasteiger partial charge in [0.1, 0.15) is 5.75 Å². The zero-order valence-electron chi connectivity index (χ0n) is 15.3. The fourth-order valence-electron chi connectivity index (χ4n) is 2.61. The Labute approximate surface area is 167 Å². The average molecular weight is 427 g/mol. The number of benzene rings is 1. The Morgan fingerprint density at radius 3 is 2.82 bits per heavy atom. The molecule has 0 aliphatic carbocycles. The molecule has 1 fully saturated rings. The second-order valence-corrected chi connectivity index (χ2v) is 9.10. The highest BCUT2D eigenvalue weighted by molar-refractivity contribution is 7.91. The van der Waals surface area contributed by atoms with Crippen molar-refractivity contribution in [3.8, 4) is 5.75 Å². The molecule has 0 radical (unpaired) electrons. The van der Waals surface area contributed by atoms with Gasteiger partial charge >= 0.3 is 0 Å². The number of carbonyl (C=O) groups is 1. The number of aromatic nitrogens is 2. The predicted molar refractivity (Wildman–Crippen MR) is 104 cm³/mol. The monoisotopic (exact) mass is 426 g/mol. The summed E-state index contributed by atoms with van der Waals surface area (Å²) >= 11 is 0.784. The smallest absolute Gasteiger partial charge is 0.269 e. The highest BCUT2D eigenvalue weighted by Gasteiger charge is 2.25.